The molecule has 1 aliphatic carbocycles. The summed E-state index contributed by atoms with van der Waals surface area (Å²) < 4.78 is 24.3. The van der Waals surface area contributed by atoms with E-state index in [1.165, 1.54) is 4.90 Å². The number of amides is 1. The normalized spacial score (nSPS) is 30.3. The van der Waals surface area contributed by atoms with E-state index in [9.17, 15) is 18.0 Å². The van der Waals surface area contributed by atoms with Crippen molar-refractivity contribution in [2.75, 3.05) is 23.8 Å². The van der Waals surface area contributed by atoms with Crippen molar-refractivity contribution in [1.29, 1.82) is 0 Å². The van der Waals surface area contributed by atoms with Crippen LogP contribution in [0.3, 0.4) is 0 Å². The molecule has 0 spiro atoms. The molecule has 0 bridgehead atoms. The predicted molar refractivity (Wildman–Crippen MR) is 80.8 cm³/mol. The van der Waals surface area contributed by atoms with Crippen molar-refractivity contribution in [3.63, 3.8) is 0 Å². The average molecular weight is 335 g/mol. The van der Waals surface area contributed by atoms with Gasteiger partial charge in [0.1, 0.15) is 5.37 Å². The Kier molecular flexibility index (Phi) is 5.19. The third-order valence-corrected chi connectivity index (χ3v) is 7.60. The summed E-state index contributed by atoms with van der Waals surface area (Å²) in [6.45, 7) is 2.02. The second-order valence-corrected chi connectivity index (χ2v) is 9.15. The first kappa shape index (κ1) is 16.6. The molecule has 21 heavy (non-hydrogen) atoms. The van der Waals surface area contributed by atoms with Crippen LogP contribution in [0.4, 0.5) is 0 Å². The Bertz CT molecular complexity index is 519. The van der Waals surface area contributed by atoms with E-state index < -0.39 is 27.1 Å². The van der Waals surface area contributed by atoms with E-state index >= 15 is 0 Å². The number of thioether (sulfide) groups is 1. The van der Waals surface area contributed by atoms with Crippen LogP contribution in [-0.2, 0) is 19.4 Å². The van der Waals surface area contributed by atoms with Crippen LogP contribution in [0.15, 0.2) is 0 Å². The molecule has 3 unspecified atom stereocenters. The summed E-state index contributed by atoms with van der Waals surface area (Å²) in [6.07, 6.45) is 1.37. The lowest BCUT2D eigenvalue weighted by Crippen LogP contribution is -2.52. The molecule has 0 aromatic rings. The van der Waals surface area contributed by atoms with E-state index in [0.717, 1.165) is 5.75 Å². The van der Waals surface area contributed by atoms with Gasteiger partial charge in [0, 0.05) is 29.7 Å². The molecule has 0 aromatic heterocycles. The zero-order valence-corrected chi connectivity index (χ0v) is 13.7. The maximum atomic E-state index is 12.6. The van der Waals surface area contributed by atoms with E-state index in [1.807, 2.05) is 0 Å². The van der Waals surface area contributed by atoms with Crippen molar-refractivity contribution >= 4 is 33.5 Å². The summed E-state index contributed by atoms with van der Waals surface area (Å²) in [5.41, 5.74) is 0. The van der Waals surface area contributed by atoms with E-state index in [0.29, 0.717) is 31.6 Å². The number of hydrogen-bond acceptors (Lipinski definition) is 5. The van der Waals surface area contributed by atoms with Crippen LogP contribution in [0.1, 0.15) is 26.2 Å². The Morgan fingerprint density at radius 2 is 1.95 bits per heavy atom. The highest BCUT2D eigenvalue weighted by molar-refractivity contribution is 8.01. The summed E-state index contributed by atoms with van der Waals surface area (Å²) >= 11 is 1.55. The molecule has 120 valence electrons. The number of carboxylic acids is 1. The molecular weight excluding hydrogens is 314 g/mol. The number of nitrogens with zero attached hydrogens (tertiary/aromatic N) is 1. The van der Waals surface area contributed by atoms with Crippen molar-refractivity contribution in [3.8, 4) is 0 Å². The average Bonchev–Trinajstić information content (AvgIpc) is 2.96. The molecule has 6 nitrogen and oxygen atoms in total. The highest BCUT2D eigenvalue weighted by Gasteiger charge is 2.41. The summed E-state index contributed by atoms with van der Waals surface area (Å²) in [4.78, 5) is 25.1. The smallest absolute Gasteiger partial charge is 0.306 e. The van der Waals surface area contributed by atoms with E-state index in [-0.39, 0.29) is 17.6 Å². The van der Waals surface area contributed by atoms with Gasteiger partial charge in [0.25, 0.3) is 0 Å². The molecule has 2 aliphatic rings. The number of carbonyl (C=O) groups is 2. The van der Waals surface area contributed by atoms with Crippen molar-refractivity contribution < 1.29 is 23.1 Å². The molecule has 1 aliphatic heterocycles. The molecule has 1 saturated heterocycles. The minimum atomic E-state index is -3.31. The molecule has 0 aromatic carbocycles. The van der Waals surface area contributed by atoms with Gasteiger partial charge in [0.2, 0.25) is 5.91 Å². The van der Waals surface area contributed by atoms with Crippen LogP contribution >= 0.6 is 11.8 Å². The van der Waals surface area contributed by atoms with Crippen LogP contribution in [0, 0.1) is 11.8 Å². The van der Waals surface area contributed by atoms with E-state index in [1.54, 1.807) is 18.7 Å². The van der Waals surface area contributed by atoms with Gasteiger partial charge in [0.05, 0.1) is 5.92 Å². The Morgan fingerprint density at radius 1 is 1.29 bits per heavy atom. The summed E-state index contributed by atoms with van der Waals surface area (Å²) in [6, 6.07) is 0. The van der Waals surface area contributed by atoms with Crippen LogP contribution in [0.2, 0.25) is 0 Å². The van der Waals surface area contributed by atoms with Gasteiger partial charge >= 0.3 is 5.97 Å². The van der Waals surface area contributed by atoms with Crippen LogP contribution in [-0.4, -0.2) is 59.5 Å². The van der Waals surface area contributed by atoms with Gasteiger partial charge in [-0.3, -0.25) is 9.59 Å². The molecule has 2 fully saturated rings. The number of sulfone groups is 1. The summed E-state index contributed by atoms with van der Waals surface area (Å²) in [5, 5.41) is 8.27. The quantitative estimate of drug-likeness (QED) is 0.818. The summed E-state index contributed by atoms with van der Waals surface area (Å²) in [7, 11) is -3.31. The van der Waals surface area contributed by atoms with Gasteiger partial charge in [-0.15, -0.1) is 0 Å². The first-order valence-electron chi connectivity index (χ1n) is 7.19. The fraction of sp³-hybridized carbons (Fsp3) is 0.846. The number of aliphatic carboxylic acids is 1. The Morgan fingerprint density at radius 3 is 2.52 bits per heavy atom. The Hall–Kier alpha value is -0.760. The standard InChI is InChI=1S/C13H21NO5S2/c1-2-21(18,19)11-8-20-6-5-14(11)12(15)9-3-4-10(7-9)13(16)17/h9-11H,2-8H2,1H3,(H,16,17). The molecule has 1 amide bonds. The Balaban J connectivity index is 2.11. The first-order chi connectivity index (χ1) is 9.86. The highest BCUT2D eigenvalue weighted by atomic mass is 32.2. The summed E-state index contributed by atoms with van der Waals surface area (Å²) in [5.74, 6) is -0.695. The van der Waals surface area contributed by atoms with Gasteiger partial charge in [0.15, 0.2) is 9.84 Å². The predicted octanol–water partition coefficient (Wildman–Crippen LogP) is 0.823. The number of carbonyl (C=O) groups excluding carboxylic acids is 1. The van der Waals surface area contributed by atoms with Crippen molar-refractivity contribution in [3.05, 3.63) is 0 Å². The number of rotatable bonds is 4. The fourth-order valence-corrected chi connectivity index (χ4v) is 5.96. The lowest BCUT2D eigenvalue weighted by Gasteiger charge is -2.36. The molecule has 2 rings (SSSR count). The Labute approximate surface area is 129 Å². The van der Waals surface area contributed by atoms with Crippen molar-refractivity contribution in [2.45, 2.75) is 31.6 Å². The zero-order chi connectivity index (χ0) is 15.6. The van der Waals surface area contributed by atoms with Crippen molar-refractivity contribution in [1.82, 2.24) is 4.90 Å². The monoisotopic (exact) mass is 335 g/mol. The van der Waals surface area contributed by atoms with Gasteiger partial charge in [-0.05, 0) is 19.3 Å². The van der Waals surface area contributed by atoms with E-state index in [4.69, 9.17) is 5.11 Å². The first-order valence-corrected chi connectivity index (χ1v) is 10.1. The second kappa shape index (κ2) is 6.56. The number of carboxylic acid groups (broad SMARTS) is 1. The molecule has 1 N–H and O–H groups in total. The van der Waals surface area contributed by atoms with Gasteiger partial charge in [-0.25, -0.2) is 8.42 Å². The second-order valence-electron chi connectivity index (χ2n) is 5.56. The highest BCUT2D eigenvalue weighted by Crippen LogP contribution is 2.34. The molecule has 1 saturated carbocycles. The SMILES string of the molecule is CCS(=O)(=O)C1CSCCN1C(=O)C1CCC(C(=O)O)C1. The minimum Gasteiger partial charge on any atom is -0.481 e. The van der Waals surface area contributed by atoms with E-state index in [2.05, 4.69) is 0 Å². The van der Waals surface area contributed by atoms with Crippen LogP contribution in [0.5, 0.6) is 0 Å². The van der Waals surface area contributed by atoms with Gasteiger partial charge in [-0.1, -0.05) is 6.92 Å². The van der Waals surface area contributed by atoms with Crippen molar-refractivity contribution in [2.24, 2.45) is 11.8 Å². The van der Waals surface area contributed by atoms with Gasteiger partial charge in [-0.2, -0.15) is 11.8 Å². The topological polar surface area (TPSA) is 91.8 Å². The molecule has 0 radical (unpaired) electrons. The maximum Gasteiger partial charge on any atom is 0.306 e. The lowest BCUT2D eigenvalue weighted by atomic mass is 10.0. The largest absolute Gasteiger partial charge is 0.481 e. The van der Waals surface area contributed by atoms with Gasteiger partial charge < -0.3 is 10.0 Å². The minimum absolute atomic E-state index is 0.0183. The maximum absolute atomic E-state index is 12.6. The third kappa shape index (κ3) is 3.53. The molecule has 1 heterocycles. The molecule has 8 heteroatoms. The van der Waals surface area contributed by atoms with Crippen LogP contribution in [0.25, 0.3) is 0 Å². The third-order valence-electron chi connectivity index (χ3n) is 4.32. The number of hydrogen-bond donors (Lipinski definition) is 1. The van der Waals surface area contributed by atoms with Crippen LogP contribution < -0.4 is 0 Å². The molecular formula is C13H21NO5S2. The zero-order valence-electron chi connectivity index (χ0n) is 12.0. The fourth-order valence-electron chi connectivity index (χ4n) is 2.99. The lowest BCUT2D eigenvalue weighted by molar-refractivity contribution is -0.141. The molecule has 3 atom stereocenters.